The van der Waals surface area contributed by atoms with E-state index < -0.39 is 0 Å². The number of aromatic nitrogens is 2. The number of aryl methyl sites for hydroxylation is 1. The lowest BCUT2D eigenvalue weighted by Gasteiger charge is -2.20. The number of carbonyl (C=O) groups excluding carboxylic acids is 1. The predicted octanol–water partition coefficient (Wildman–Crippen LogP) is 2.43. The number of nitrogens with zero attached hydrogens (tertiary/aromatic N) is 2. The molecule has 0 saturated heterocycles. The van der Waals surface area contributed by atoms with Gasteiger partial charge in [-0.15, -0.1) is 0 Å². The molecule has 1 aromatic carbocycles. The molecular weight excluding hydrogens is 262 g/mol. The third kappa shape index (κ3) is 2.84. The smallest absolute Gasteiger partial charge is 0.230 e. The first-order valence-electron chi connectivity index (χ1n) is 7.44. The molecule has 3 rings (SSSR count). The summed E-state index contributed by atoms with van der Waals surface area (Å²) in [7, 11) is 0. The van der Waals surface area contributed by atoms with Crippen molar-refractivity contribution < 1.29 is 4.79 Å². The van der Waals surface area contributed by atoms with Crippen molar-refractivity contribution in [3.8, 4) is 0 Å². The van der Waals surface area contributed by atoms with Gasteiger partial charge in [-0.2, -0.15) is 0 Å². The van der Waals surface area contributed by atoms with Crippen molar-refractivity contribution in [1.29, 1.82) is 0 Å². The van der Waals surface area contributed by atoms with Crippen molar-refractivity contribution >= 4 is 5.91 Å². The number of hydrogen-bond donors (Lipinski definition) is 1. The average Bonchev–Trinajstić information content (AvgIpc) is 3.12. The number of amides is 1. The Morgan fingerprint density at radius 3 is 2.90 bits per heavy atom. The lowest BCUT2D eigenvalue weighted by Crippen LogP contribution is -2.42. The number of nitrogens with one attached hydrogen (secondary N) is 1. The van der Waals surface area contributed by atoms with Crippen molar-refractivity contribution in [1.82, 2.24) is 14.9 Å². The fourth-order valence-electron chi connectivity index (χ4n) is 2.83. The minimum atomic E-state index is -0.296. The van der Waals surface area contributed by atoms with Crippen LogP contribution in [-0.2, 0) is 16.8 Å². The molecule has 0 spiro atoms. The molecule has 2 aromatic rings. The maximum atomic E-state index is 12.6. The normalized spacial score (nSPS) is 17.2. The molecule has 0 unspecified atom stereocenters. The topological polar surface area (TPSA) is 46.9 Å². The fraction of sp³-hybridized carbons (Fsp3) is 0.412. The van der Waals surface area contributed by atoms with Gasteiger partial charge in [-0.25, -0.2) is 4.98 Å². The Morgan fingerprint density at radius 1 is 1.48 bits per heavy atom. The zero-order valence-corrected chi connectivity index (χ0v) is 12.5. The standard InChI is InChI=1S/C17H21N3O/c1-13-4-3-5-15(10-13)17(6-7-17)16(21)19-14(2)11-20-9-8-18-12-20/h3-5,8-10,12,14H,6-7,11H2,1-2H3,(H,19,21)/t14-/m1/s1. The SMILES string of the molecule is Cc1cccc(C2(C(=O)N[C@H](C)Cn3ccnc3)CC2)c1. The molecule has 1 N–H and O–H groups in total. The van der Waals surface area contributed by atoms with E-state index in [2.05, 4.69) is 35.4 Å². The summed E-state index contributed by atoms with van der Waals surface area (Å²) in [4.78, 5) is 16.7. The molecule has 0 aliphatic heterocycles. The molecule has 1 aliphatic rings. The quantitative estimate of drug-likeness (QED) is 0.916. The zero-order chi connectivity index (χ0) is 14.9. The van der Waals surface area contributed by atoms with Gasteiger partial charge in [0, 0.05) is 25.0 Å². The first-order chi connectivity index (χ1) is 10.1. The van der Waals surface area contributed by atoms with Crippen LogP contribution in [0.25, 0.3) is 0 Å². The van der Waals surface area contributed by atoms with Gasteiger partial charge >= 0.3 is 0 Å². The van der Waals surface area contributed by atoms with Crippen molar-refractivity contribution in [2.75, 3.05) is 0 Å². The van der Waals surface area contributed by atoms with Crippen LogP contribution in [0.5, 0.6) is 0 Å². The van der Waals surface area contributed by atoms with Gasteiger partial charge in [0.1, 0.15) is 0 Å². The molecule has 4 heteroatoms. The summed E-state index contributed by atoms with van der Waals surface area (Å²) in [6, 6.07) is 8.40. The molecule has 110 valence electrons. The van der Waals surface area contributed by atoms with Gasteiger partial charge in [0.2, 0.25) is 5.91 Å². The minimum absolute atomic E-state index is 0.0917. The van der Waals surface area contributed by atoms with Crippen LogP contribution in [0.4, 0.5) is 0 Å². The van der Waals surface area contributed by atoms with E-state index in [4.69, 9.17) is 0 Å². The Kier molecular flexibility index (Phi) is 3.53. The number of hydrogen-bond acceptors (Lipinski definition) is 2. The summed E-state index contributed by atoms with van der Waals surface area (Å²) in [5, 5.41) is 3.15. The molecule has 1 amide bonds. The molecular formula is C17H21N3O. The van der Waals surface area contributed by atoms with Gasteiger partial charge < -0.3 is 9.88 Å². The molecule has 1 fully saturated rings. The van der Waals surface area contributed by atoms with E-state index in [0.717, 1.165) is 24.9 Å². The Labute approximate surface area is 125 Å². The largest absolute Gasteiger partial charge is 0.351 e. The highest BCUT2D eigenvalue weighted by atomic mass is 16.2. The summed E-state index contributed by atoms with van der Waals surface area (Å²) in [5.41, 5.74) is 2.06. The van der Waals surface area contributed by atoms with E-state index in [1.165, 1.54) is 5.56 Å². The third-order valence-electron chi connectivity index (χ3n) is 4.18. The van der Waals surface area contributed by atoms with E-state index in [0.29, 0.717) is 0 Å². The molecule has 21 heavy (non-hydrogen) atoms. The van der Waals surface area contributed by atoms with Crippen LogP contribution in [0, 0.1) is 6.92 Å². The number of carbonyl (C=O) groups is 1. The van der Waals surface area contributed by atoms with Crippen LogP contribution in [0.3, 0.4) is 0 Å². The van der Waals surface area contributed by atoms with Gasteiger partial charge in [-0.1, -0.05) is 29.8 Å². The Bertz CT molecular complexity index is 629. The Morgan fingerprint density at radius 2 is 2.29 bits per heavy atom. The van der Waals surface area contributed by atoms with Crippen LogP contribution >= 0.6 is 0 Å². The molecule has 1 heterocycles. The number of rotatable bonds is 5. The van der Waals surface area contributed by atoms with Gasteiger partial charge in [-0.3, -0.25) is 4.79 Å². The Hall–Kier alpha value is -2.10. The second-order valence-corrected chi connectivity index (χ2v) is 6.09. The zero-order valence-electron chi connectivity index (χ0n) is 12.5. The minimum Gasteiger partial charge on any atom is -0.351 e. The second-order valence-electron chi connectivity index (χ2n) is 6.09. The molecule has 0 bridgehead atoms. The van der Waals surface area contributed by atoms with E-state index >= 15 is 0 Å². The number of imidazole rings is 1. The molecule has 1 aliphatic carbocycles. The summed E-state index contributed by atoms with van der Waals surface area (Å²) < 4.78 is 1.98. The molecule has 1 saturated carbocycles. The van der Waals surface area contributed by atoms with E-state index in [-0.39, 0.29) is 17.4 Å². The lowest BCUT2D eigenvalue weighted by molar-refractivity contribution is -0.124. The van der Waals surface area contributed by atoms with Gasteiger partial charge in [0.15, 0.2) is 0 Å². The molecule has 0 radical (unpaired) electrons. The van der Waals surface area contributed by atoms with E-state index in [1.807, 2.05) is 23.8 Å². The lowest BCUT2D eigenvalue weighted by atomic mass is 9.93. The first-order valence-corrected chi connectivity index (χ1v) is 7.44. The summed E-state index contributed by atoms with van der Waals surface area (Å²) in [6.45, 7) is 4.85. The van der Waals surface area contributed by atoms with Crippen molar-refractivity contribution in [3.05, 3.63) is 54.1 Å². The van der Waals surface area contributed by atoms with E-state index in [1.54, 1.807) is 12.5 Å². The highest BCUT2D eigenvalue weighted by Gasteiger charge is 2.51. The van der Waals surface area contributed by atoms with Crippen molar-refractivity contribution in [3.63, 3.8) is 0 Å². The third-order valence-corrected chi connectivity index (χ3v) is 4.18. The van der Waals surface area contributed by atoms with Crippen LogP contribution in [0.2, 0.25) is 0 Å². The second kappa shape index (κ2) is 5.35. The summed E-state index contributed by atoms with van der Waals surface area (Å²) in [5.74, 6) is 0.153. The van der Waals surface area contributed by atoms with E-state index in [9.17, 15) is 4.79 Å². The average molecular weight is 283 g/mol. The predicted molar refractivity (Wildman–Crippen MR) is 81.9 cm³/mol. The Balaban J connectivity index is 1.67. The van der Waals surface area contributed by atoms with Crippen LogP contribution in [0.15, 0.2) is 43.0 Å². The molecule has 4 nitrogen and oxygen atoms in total. The highest BCUT2D eigenvalue weighted by molar-refractivity contribution is 5.91. The molecule has 1 aromatic heterocycles. The maximum Gasteiger partial charge on any atom is 0.230 e. The van der Waals surface area contributed by atoms with Crippen molar-refractivity contribution in [2.24, 2.45) is 0 Å². The summed E-state index contributed by atoms with van der Waals surface area (Å²) in [6.07, 6.45) is 7.33. The fourth-order valence-corrected chi connectivity index (χ4v) is 2.83. The molecule has 1 atom stereocenters. The number of benzene rings is 1. The van der Waals surface area contributed by atoms with Crippen molar-refractivity contribution in [2.45, 2.75) is 44.7 Å². The monoisotopic (exact) mass is 283 g/mol. The first kappa shape index (κ1) is 13.9. The van der Waals surface area contributed by atoms with Gasteiger partial charge in [-0.05, 0) is 32.3 Å². The maximum absolute atomic E-state index is 12.6. The van der Waals surface area contributed by atoms with Crippen LogP contribution < -0.4 is 5.32 Å². The van der Waals surface area contributed by atoms with Gasteiger partial charge in [0.05, 0.1) is 11.7 Å². The van der Waals surface area contributed by atoms with Crippen LogP contribution in [-0.4, -0.2) is 21.5 Å². The summed E-state index contributed by atoms with van der Waals surface area (Å²) >= 11 is 0. The van der Waals surface area contributed by atoms with Crippen LogP contribution in [0.1, 0.15) is 30.9 Å². The van der Waals surface area contributed by atoms with Gasteiger partial charge in [0.25, 0.3) is 0 Å². The highest BCUT2D eigenvalue weighted by Crippen LogP contribution is 2.48.